The first-order chi connectivity index (χ1) is 13.0. The highest BCUT2D eigenvalue weighted by atomic mass is 16.6. The molecule has 3 rings (SSSR count). The molecule has 8 heteroatoms. The molecular formula is C19H16N4O4. The molecule has 0 fully saturated rings. The molecule has 2 amide bonds. The number of methoxy groups -OCH3 is 1. The molecule has 0 atom stereocenters. The molecule has 0 aromatic heterocycles. The van der Waals surface area contributed by atoms with Crippen LogP contribution in [-0.4, -0.2) is 24.3 Å². The third kappa shape index (κ3) is 4.57. The number of nitrogens with zero attached hydrogens (tertiary/aromatic N) is 2. The Bertz CT molecular complexity index is 1020. The Hall–Kier alpha value is -3.94. The number of carbonyl (C=O) groups excluding carboxylic acids is 1. The van der Waals surface area contributed by atoms with Crippen LogP contribution in [-0.2, 0) is 0 Å². The molecule has 0 heterocycles. The van der Waals surface area contributed by atoms with Crippen molar-refractivity contribution in [2.24, 2.45) is 5.10 Å². The molecule has 3 aromatic carbocycles. The summed E-state index contributed by atoms with van der Waals surface area (Å²) in [5.74, 6) is 0.765. The highest BCUT2D eigenvalue weighted by Gasteiger charge is 2.04. The summed E-state index contributed by atoms with van der Waals surface area (Å²) in [6, 6.07) is 16.5. The largest absolute Gasteiger partial charge is 0.497 e. The number of nitro groups is 1. The van der Waals surface area contributed by atoms with Crippen molar-refractivity contribution in [3.05, 3.63) is 76.3 Å². The van der Waals surface area contributed by atoms with Crippen molar-refractivity contribution >= 4 is 34.4 Å². The number of hydrogen-bond donors (Lipinski definition) is 2. The summed E-state index contributed by atoms with van der Waals surface area (Å²) >= 11 is 0. The van der Waals surface area contributed by atoms with Crippen molar-refractivity contribution in [1.82, 2.24) is 5.43 Å². The van der Waals surface area contributed by atoms with E-state index in [0.29, 0.717) is 11.3 Å². The number of urea groups is 1. The lowest BCUT2D eigenvalue weighted by molar-refractivity contribution is -0.384. The van der Waals surface area contributed by atoms with Gasteiger partial charge in [0.05, 0.1) is 18.2 Å². The van der Waals surface area contributed by atoms with Crippen LogP contribution in [0.5, 0.6) is 5.75 Å². The van der Waals surface area contributed by atoms with Crippen molar-refractivity contribution in [3.8, 4) is 5.75 Å². The molecule has 0 bridgehead atoms. The lowest BCUT2D eigenvalue weighted by Gasteiger charge is -2.07. The van der Waals surface area contributed by atoms with E-state index >= 15 is 0 Å². The molecule has 0 aliphatic heterocycles. The maximum Gasteiger partial charge on any atom is 0.339 e. The van der Waals surface area contributed by atoms with Gasteiger partial charge in [-0.05, 0) is 52.7 Å². The summed E-state index contributed by atoms with van der Waals surface area (Å²) in [5.41, 5.74) is 3.59. The predicted octanol–water partition coefficient (Wildman–Crippen LogP) is 3.91. The fourth-order valence-corrected chi connectivity index (χ4v) is 2.44. The van der Waals surface area contributed by atoms with Gasteiger partial charge >= 0.3 is 6.03 Å². The molecule has 27 heavy (non-hydrogen) atoms. The van der Waals surface area contributed by atoms with E-state index in [0.717, 1.165) is 16.5 Å². The number of non-ortho nitro benzene ring substituents is 1. The summed E-state index contributed by atoms with van der Waals surface area (Å²) in [5, 5.41) is 19.1. The molecular weight excluding hydrogens is 348 g/mol. The zero-order valence-corrected chi connectivity index (χ0v) is 14.4. The van der Waals surface area contributed by atoms with Crippen LogP contribution >= 0.6 is 0 Å². The Morgan fingerprint density at radius 3 is 2.48 bits per heavy atom. The minimum atomic E-state index is -0.499. The number of anilines is 1. The molecule has 3 aromatic rings. The van der Waals surface area contributed by atoms with Gasteiger partial charge in [0.1, 0.15) is 5.75 Å². The average Bonchev–Trinajstić information content (AvgIpc) is 2.68. The van der Waals surface area contributed by atoms with Crippen LogP contribution in [0.25, 0.3) is 10.8 Å². The first-order valence-electron chi connectivity index (χ1n) is 7.97. The van der Waals surface area contributed by atoms with E-state index in [1.54, 1.807) is 25.3 Å². The van der Waals surface area contributed by atoms with Crippen molar-refractivity contribution in [3.63, 3.8) is 0 Å². The van der Waals surface area contributed by atoms with E-state index in [1.807, 2.05) is 30.3 Å². The van der Waals surface area contributed by atoms with Gasteiger partial charge in [0.25, 0.3) is 5.69 Å². The summed E-state index contributed by atoms with van der Waals surface area (Å²) in [4.78, 5) is 22.1. The SMILES string of the molecule is COc1ccc2cc(NC(=O)N/N=C\c3ccc([N+](=O)[O-])cc3)ccc2c1. The highest BCUT2D eigenvalue weighted by molar-refractivity contribution is 5.94. The Labute approximate surface area is 154 Å². The standard InChI is InChI=1S/C19H16N4O4/c1-27-18-9-5-14-10-16(6-4-15(14)11-18)21-19(24)22-20-12-13-2-7-17(8-3-13)23(25)26/h2-12H,1H3,(H2,21,22,24)/b20-12-. The van der Waals surface area contributed by atoms with Crippen molar-refractivity contribution in [1.29, 1.82) is 0 Å². The number of nitro benzene ring substituents is 1. The number of fused-ring (bicyclic) bond motifs is 1. The second-order valence-electron chi connectivity index (χ2n) is 5.60. The van der Waals surface area contributed by atoms with Crippen molar-refractivity contribution in [2.75, 3.05) is 12.4 Å². The molecule has 0 saturated heterocycles. The number of rotatable bonds is 5. The first-order valence-corrected chi connectivity index (χ1v) is 7.97. The van der Waals surface area contributed by atoms with Gasteiger partial charge in [0.15, 0.2) is 0 Å². The van der Waals surface area contributed by atoms with E-state index in [9.17, 15) is 14.9 Å². The minimum Gasteiger partial charge on any atom is -0.497 e. The number of benzene rings is 3. The first kappa shape index (κ1) is 17.9. The number of carbonyl (C=O) groups is 1. The molecule has 136 valence electrons. The number of nitrogens with one attached hydrogen (secondary N) is 2. The summed E-state index contributed by atoms with van der Waals surface area (Å²) in [6.07, 6.45) is 1.40. The monoisotopic (exact) mass is 364 g/mol. The third-order valence-corrected chi connectivity index (χ3v) is 3.79. The Morgan fingerprint density at radius 1 is 1.07 bits per heavy atom. The zero-order valence-electron chi connectivity index (χ0n) is 14.4. The Kier molecular flexibility index (Phi) is 5.27. The van der Waals surface area contributed by atoms with Gasteiger partial charge in [0.2, 0.25) is 0 Å². The maximum absolute atomic E-state index is 11.9. The summed E-state index contributed by atoms with van der Waals surface area (Å²) in [7, 11) is 1.61. The summed E-state index contributed by atoms with van der Waals surface area (Å²) in [6.45, 7) is 0. The normalized spacial score (nSPS) is 10.7. The van der Waals surface area contributed by atoms with Crippen LogP contribution in [0.4, 0.5) is 16.2 Å². The van der Waals surface area contributed by atoms with Gasteiger partial charge in [-0.25, -0.2) is 10.2 Å². The zero-order chi connectivity index (χ0) is 19.2. The van der Waals surface area contributed by atoms with E-state index in [-0.39, 0.29) is 5.69 Å². The smallest absolute Gasteiger partial charge is 0.339 e. The molecule has 0 saturated carbocycles. The Balaban J connectivity index is 1.60. The Morgan fingerprint density at radius 2 is 1.78 bits per heavy atom. The molecule has 0 unspecified atom stereocenters. The van der Waals surface area contributed by atoms with Gasteiger partial charge in [-0.1, -0.05) is 12.1 Å². The highest BCUT2D eigenvalue weighted by Crippen LogP contribution is 2.23. The van der Waals surface area contributed by atoms with Crippen LogP contribution < -0.4 is 15.5 Å². The quantitative estimate of drug-likeness (QED) is 0.407. The van der Waals surface area contributed by atoms with Crippen LogP contribution in [0, 0.1) is 10.1 Å². The van der Waals surface area contributed by atoms with Crippen LogP contribution in [0.2, 0.25) is 0 Å². The second kappa shape index (κ2) is 7.96. The van der Waals surface area contributed by atoms with Gasteiger partial charge in [-0.3, -0.25) is 10.1 Å². The van der Waals surface area contributed by atoms with Crippen molar-refractivity contribution in [2.45, 2.75) is 0 Å². The molecule has 0 aliphatic rings. The molecule has 8 nitrogen and oxygen atoms in total. The topological polar surface area (TPSA) is 106 Å². The number of hydrazone groups is 1. The van der Waals surface area contributed by atoms with E-state index in [1.165, 1.54) is 18.3 Å². The maximum atomic E-state index is 11.9. The molecule has 0 spiro atoms. The number of hydrogen-bond acceptors (Lipinski definition) is 5. The van der Waals surface area contributed by atoms with Gasteiger partial charge < -0.3 is 10.1 Å². The summed E-state index contributed by atoms with van der Waals surface area (Å²) < 4.78 is 5.19. The van der Waals surface area contributed by atoms with Crippen LogP contribution in [0.3, 0.4) is 0 Å². The van der Waals surface area contributed by atoms with E-state index < -0.39 is 11.0 Å². The average molecular weight is 364 g/mol. The van der Waals surface area contributed by atoms with Crippen molar-refractivity contribution < 1.29 is 14.5 Å². The second-order valence-corrected chi connectivity index (χ2v) is 5.60. The van der Waals surface area contributed by atoms with Gasteiger partial charge in [-0.15, -0.1) is 0 Å². The minimum absolute atomic E-state index is 0.00761. The third-order valence-electron chi connectivity index (χ3n) is 3.79. The number of ether oxygens (including phenoxy) is 1. The molecule has 0 aliphatic carbocycles. The van der Waals surface area contributed by atoms with E-state index in [4.69, 9.17) is 4.74 Å². The molecule has 2 N–H and O–H groups in total. The van der Waals surface area contributed by atoms with E-state index in [2.05, 4.69) is 15.8 Å². The molecule has 0 radical (unpaired) electrons. The van der Waals surface area contributed by atoms with Crippen LogP contribution in [0.1, 0.15) is 5.56 Å². The lowest BCUT2D eigenvalue weighted by Crippen LogP contribution is -2.24. The van der Waals surface area contributed by atoms with Gasteiger partial charge in [0, 0.05) is 17.8 Å². The predicted molar refractivity (Wildman–Crippen MR) is 103 cm³/mol. The number of amides is 2. The fraction of sp³-hybridized carbons (Fsp3) is 0.0526. The lowest BCUT2D eigenvalue weighted by atomic mass is 10.1. The van der Waals surface area contributed by atoms with Gasteiger partial charge in [-0.2, -0.15) is 5.10 Å². The fourth-order valence-electron chi connectivity index (χ4n) is 2.44. The van der Waals surface area contributed by atoms with Crippen LogP contribution in [0.15, 0.2) is 65.8 Å².